The van der Waals surface area contributed by atoms with E-state index in [0.29, 0.717) is 5.92 Å². The highest BCUT2D eigenvalue weighted by Gasteiger charge is 2.29. The Morgan fingerprint density at radius 2 is 2.08 bits per heavy atom. The van der Waals surface area contributed by atoms with Gasteiger partial charge in [-0.2, -0.15) is 0 Å². The molecule has 1 saturated heterocycles. The Balaban J connectivity index is 1.60. The van der Waals surface area contributed by atoms with Gasteiger partial charge in [0.2, 0.25) is 0 Å². The molecule has 5 heteroatoms. The lowest BCUT2D eigenvalue weighted by Gasteiger charge is -2.36. The molecule has 0 saturated carbocycles. The number of imidazole rings is 1. The summed E-state index contributed by atoms with van der Waals surface area (Å²) in [6.45, 7) is 5.30. The zero-order chi connectivity index (χ0) is 17.8. The number of ether oxygens (including phenoxy) is 1. The van der Waals surface area contributed by atoms with Crippen molar-refractivity contribution < 1.29 is 9.84 Å². The molecule has 1 fully saturated rings. The molecule has 1 aliphatic rings. The molecule has 25 heavy (non-hydrogen) atoms. The van der Waals surface area contributed by atoms with Gasteiger partial charge in [0.15, 0.2) is 0 Å². The number of rotatable bonds is 6. The fraction of sp³-hybridized carbons (Fsp3) is 0.550. The highest BCUT2D eigenvalue weighted by molar-refractivity contribution is 5.29. The van der Waals surface area contributed by atoms with E-state index >= 15 is 0 Å². The molecule has 0 spiro atoms. The molecular weight excluding hydrogens is 314 g/mol. The monoisotopic (exact) mass is 343 g/mol. The average molecular weight is 343 g/mol. The molecule has 0 bridgehead atoms. The summed E-state index contributed by atoms with van der Waals surface area (Å²) >= 11 is 0. The smallest absolute Gasteiger partial charge is 0.137 e. The molecule has 3 rings (SSSR count). The van der Waals surface area contributed by atoms with Gasteiger partial charge < -0.3 is 19.3 Å². The van der Waals surface area contributed by atoms with E-state index in [1.54, 1.807) is 13.3 Å². The van der Waals surface area contributed by atoms with Crippen LogP contribution in [0.25, 0.3) is 0 Å². The zero-order valence-corrected chi connectivity index (χ0v) is 15.4. The number of aromatic nitrogens is 2. The summed E-state index contributed by atoms with van der Waals surface area (Å²) in [4.78, 5) is 6.80. The summed E-state index contributed by atoms with van der Waals surface area (Å²) in [7, 11) is 3.64. The van der Waals surface area contributed by atoms with Gasteiger partial charge in [-0.1, -0.05) is 19.1 Å². The molecule has 2 heterocycles. The largest absolute Gasteiger partial charge is 0.497 e. The Kier molecular flexibility index (Phi) is 5.76. The van der Waals surface area contributed by atoms with Gasteiger partial charge in [0.25, 0.3) is 0 Å². The Bertz CT molecular complexity index is 668. The Labute approximate surface area is 150 Å². The average Bonchev–Trinajstić information content (AvgIpc) is 3.07. The molecule has 1 aromatic carbocycles. The maximum atomic E-state index is 10.7. The van der Waals surface area contributed by atoms with E-state index in [1.807, 2.05) is 29.9 Å². The third kappa shape index (κ3) is 4.22. The van der Waals surface area contributed by atoms with E-state index < -0.39 is 6.10 Å². The van der Waals surface area contributed by atoms with Crippen molar-refractivity contribution in [2.45, 2.75) is 31.8 Å². The molecule has 1 N–H and O–H groups in total. The molecule has 3 unspecified atom stereocenters. The lowest BCUT2D eigenvalue weighted by molar-refractivity contribution is 0.0415. The van der Waals surface area contributed by atoms with Crippen LogP contribution in [-0.2, 0) is 7.05 Å². The molecule has 0 amide bonds. The number of hydrogen-bond donors (Lipinski definition) is 1. The first-order valence-corrected chi connectivity index (χ1v) is 9.10. The minimum Gasteiger partial charge on any atom is -0.497 e. The van der Waals surface area contributed by atoms with Crippen LogP contribution in [0.15, 0.2) is 36.7 Å². The first-order valence-electron chi connectivity index (χ1n) is 9.10. The van der Waals surface area contributed by atoms with Crippen molar-refractivity contribution in [2.24, 2.45) is 13.0 Å². The minimum atomic E-state index is -0.487. The van der Waals surface area contributed by atoms with Crippen molar-refractivity contribution in [3.05, 3.63) is 48.0 Å². The van der Waals surface area contributed by atoms with Crippen LogP contribution >= 0.6 is 0 Å². The SMILES string of the molecule is COc1ccc(C(C)CN2CCCC(C(O)c3nccn3C)C2)cc1. The molecular formula is C20H29N3O2. The highest BCUT2D eigenvalue weighted by atomic mass is 16.5. The number of hydrogen-bond acceptors (Lipinski definition) is 4. The molecule has 0 radical (unpaired) electrons. The summed E-state index contributed by atoms with van der Waals surface area (Å²) in [6, 6.07) is 8.34. The van der Waals surface area contributed by atoms with Crippen molar-refractivity contribution in [1.82, 2.24) is 14.5 Å². The van der Waals surface area contributed by atoms with Gasteiger partial charge in [0.05, 0.1) is 7.11 Å². The molecule has 3 atom stereocenters. The van der Waals surface area contributed by atoms with E-state index in [-0.39, 0.29) is 5.92 Å². The van der Waals surface area contributed by atoms with Crippen LogP contribution in [0.3, 0.4) is 0 Å². The summed E-state index contributed by atoms with van der Waals surface area (Å²) in [5, 5.41) is 10.7. The molecule has 2 aromatic rings. The van der Waals surface area contributed by atoms with E-state index in [2.05, 4.69) is 28.9 Å². The van der Waals surface area contributed by atoms with Gasteiger partial charge in [-0.25, -0.2) is 4.98 Å². The summed E-state index contributed by atoms with van der Waals surface area (Å²) in [5.41, 5.74) is 1.33. The van der Waals surface area contributed by atoms with Gasteiger partial charge >= 0.3 is 0 Å². The standard InChI is InChI=1S/C20H29N3O2/c1-15(16-6-8-18(25-3)9-7-16)13-23-11-4-5-17(14-23)19(24)20-21-10-12-22(20)2/h6-10,12,15,17,19,24H,4-5,11,13-14H2,1-3H3. The minimum absolute atomic E-state index is 0.248. The number of likely N-dealkylation sites (tertiary alicyclic amines) is 1. The van der Waals surface area contributed by atoms with Crippen LogP contribution in [0.2, 0.25) is 0 Å². The van der Waals surface area contributed by atoms with E-state index in [0.717, 1.165) is 44.0 Å². The fourth-order valence-electron chi connectivity index (χ4n) is 3.81. The van der Waals surface area contributed by atoms with E-state index in [1.165, 1.54) is 5.56 Å². The van der Waals surface area contributed by atoms with Crippen molar-refractivity contribution in [3.63, 3.8) is 0 Å². The van der Waals surface area contributed by atoms with Crippen LogP contribution in [0.1, 0.15) is 43.2 Å². The second-order valence-electron chi connectivity index (χ2n) is 7.18. The molecule has 0 aliphatic carbocycles. The predicted octanol–water partition coefficient (Wildman–Crippen LogP) is 2.98. The van der Waals surface area contributed by atoms with Gasteiger partial charge in [0, 0.05) is 38.4 Å². The maximum Gasteiger partial charge on any atom is 0.137 e. The highest BCUT2D eigenvalue weighted by Crippen LogP contribution is 2.30. The quantitative estimate of drug-likeness (QED) is 0.876. The van der Waals surface area contributed by atoms with Gasteiger partial charge in [-0.3, -0.25) is 0 Å². The van der Waals surface area contributed by atoms with Crippen molar-refractivity contribution >= 4 is 0 Å². The fourth-order valence-corrected chi connectivity index (χ4v) is 3.81. The Morgan fingerprint density at radius 1 is 1.32 bits per heavy atom. The summed E-state index contributed by atoms with van der Waals surface area (Å²) in [6.07, 6.45) is 5.35. The second-order valence-corrected chi connectivity index (χ2v) is 7.18. The van der Waals surface area contributed by atoms with Crippen molar-refractivity contribution in [1.29, 1.82) is 0 Å². The van der Waals surface area contributed by atoms with Crippen LogP contribution < -0.4 is 4.74 Å². The van der Waals surface area contributed by atoms with E-state index in [4.69, 9.17) is 4.74 Å². The van der Waals surface area contributed by atoms with Crippen LogP contribution in [0, 0.1) is 5.92 Å². The van der Waals surface area contributed by atoms with Gasteiger partial charge in [-0.15, -0.1) is 0 Å². The number of nitrogens with zero attached hydrogens (tertiary/aromatic N) is 3. The maximum absolute atomic E-state index is 10.7. The van der Waals surface area contributed by atoms with Crippen molar-refractivity contribution in [3.8, 4) is 5.75 Å². The third-order valence-electron chi connectivity index (χ3n) is 5.33. The molecule has 1 aliphatic heterocycles. The normalized spacial score (nSPS) is 21.0. The molecule has 5 nitrogen and oxygen atoms in total. The predicted molar refractivity (Wildman–Crippen MR) is 98.7 cm³/mol. The molecule has 136 valence electrons. The lowest BCUT2D eigenvalue weighted by Crippen LogP contribution is -2.40. The zero-order valence-electron chi connectivity index (χ0n) is 15.4. The number of methoxy groups -OCH3 is 1. The van der Waals surface area contributed by atoms with E-state index in [9.17, 15) is 5.11 Å². The van der Waals surface area contributed by atoms with Gasteiger partial charge in [0.1, 0.15) is 17.7 Å². The Hall–Kier alpha value is -1.85. The third-order valence-corrected chi connectivity index (χ3v) is 5.33. The van der Waals surface area contributed by atoms with Crippen molar-refractivity contribution in [2.75, 3.05) is 26.7 Å². The van der Waals surface area contributed by atoms with Gasteiger partial charge in [-0.05, 0) is 43.0 Å². The molecule has 1 aromatic heterocycles. The second kappa shape index (κ2) is 8.02. The number of aliphatic hydroxyl groups is 1. The summed E-state index contributed by atoms with van der Waals surface area (Å²) < 4.78 is 7.16. The lowest BCUT2D eigenvalue weighted by atomic mass is 9.90. The van der Waals surface area contributed by atoms with Crippen LogP contribution in [0.5, 0.6) is 5.75 Å². The summed E-state index contributed by atoms with van der Waals surface area (Å²) in [5.74, 6) is 2.37. The van der Waals surface area contributed by atoms with Crippen LogP contribution in [0.4, 0.5) is 0 Å². The number of benzene rings is 1. The first-order chi connectivity index (χ1) is 12.1. The number of aliphatic hydroxyl groups excluding tert-OH is 1. The topological polar surface area (TPSA) is 50.5 Å². The first kappa shape index (κ1) is 18.0. The number of aryl methyl sites for hydroxylation is 1. The Morgan fingerprint density at radius 3 is 2.72 bits per heavy atom. The number of piperidine rings is 1. The van der Waals surface area contributed by atoms with Crippen LogP contribution in [-0.4, -0.2) is 46.3 Å².